The Balaban J connectivity index is 2.08. The number of hydrogen-bond acceptors (Lipinski definition) is 4. The Morgan fingerprint density at radius 1 is 1.05 bits per heavy atom. The van der Waals surface area contributed by atoms with Gasteiger partial charge in [-0.15, -0.1) is 34.0 Å². The van der Waals surface area contributed by atoms with E-state index in [1.54, 1.807) is 34.0 Å². The van der Waals surface area contributed by atoms with Crippen LogP contribution in [0.3, 0.4) is 0 Å². The lowest BCUT2D eigenvalue weighted by Crippen LogP contribution is -1.92. The molecule has 0 unspecified atom stereocenters. The molecule has 0 radical (unpaired) electrons. The van der Waals surface area contributed by atoms with Crippen molar-refractivity contribution in [2.24, 2.45) is 0 Å². The first kappa shape index (κ1) is 13.1. The molecule has 0 bridgehead atoms. The molecule has 5 heteroatoms. The van der Waals surface area contributed by atoms with Crippen molar-refractivity contribution in [2.45, 2.75) is 6.42 Å². The van der Waals surface area contributed by atoms with Gasteiger partial charge in [-0.05, 0) is 46.1 Å². The van der Waals surface area contributed by atoms with Crippen LogP contribution in [0.4, 0.5) is 0 Å². The molecule has 3 rings (SSSR count). The normalized spacial score (nSPS) is 10.8. The van der Waals surface area contributed by atoms with Crippen molar-refractivity contribution in [3.05, 3.63) is 46.7 Å². The number of halogens is 1. The summed E-state index contributed by atoms with van der Waals surface area (Å²) in [5.74, 6) is 0. The minimum absolute atomic E-state index is 0.288. The number of carbonyl (C=O) groups is 1. The van der Waals surface area contributed by atoms with E-state index >= 15 is 0 Å². The van der Waals surface area contributed by atoms with Gasteiger partial charge in [-0.25, -0.2) is 0 Å². The van der Waals surface area contributed by atoms with E-state index < -0.39 is 0 Å². The van der Waals surface area contributed by atoms with Gasteiger partial charge in [0.2, 0.25) is 5.24 Å². The van der Waals surface area contributed by atoms with E-state index in [1.807, 2.05) is 17.5 Å². The third-order valence-electron chi connectivity index (χ3n) is 2.65. The maximum Gasteiger partial charge on any atom is 0.226 e. The van der Waals surface area contributed by atoms with Crippen LogP contribution in [0.1, 0.15) is 5.56 Å². The van der Waals surface area contributed by atoms with Crippen molar-refractivity contribution < 1.29 is 4.79 Å². The summed E-state index contributed by atoms with van der Waals surface area (Å²) in [6, 6.07) is 10.3. The monoisotopic (exact) mass is 324 g/mol. The van der Waals surface area contributed by atoms with Gasteiger partial charge in [0.05, 0.1) is 0 Å². The van der Waals surface area contributed by atoms with Gasteiger partial charge < -0.3 is 0 Å². The third kappa shape index (κ3) is 2.82. The Morgan fingerprint density at radius 2 is 1.74 bits per heavy atom. The first-order chi connectivity index (χ1) is 9.24. The number of hydrogen-bond donors (Lipinski definition) is 0. The number of carbonyl (C=O) groups excluding carboxylic acids is 1. The van der Waals surface area contributed by atoms with E-state index in [1.165, 1.54) is 14.6 Å². The molecule has 0 aromatic carbocycles. The molecule has 3 aromatic heterocycles. The highest BCUT2D eigenvalue weighted by Gasteiger charge is 2.15. The van der Waals surface area contributed by atoms with Gasteiger partial charge in [0.1, 0.15) is 0 Å². The average molecular weight is 325 g/mol. The second kappa shape index (κ2) is 5.59. The van der Waals surface area contributed by atoms with Gasteiger partial charge in [-0.1, -0.05) is 12.1 Å². The summed E-state index contributed by atoms with van der Waals surface area (Å²) < 4.78 is 0. The summed E-state index contributed by atoms with van der Waals surface area (Å²) in [6.45, 7) is 0. The number of rotatable bonds is 4. The fraction of sp³-hybridized carbons (Fsp3) is 0.0714. The molecule has 0 aliphatic carbocycles. The molecule has 0 saturated carbocycles. The summed E-state index contributed by atoms with van der Waals surface area (Å²) in [7, 11) is 0. The highest BCUT2D eigenvalue weighted by molar-refractivity contribution is 7.26. The molecule has 0 aliphatic rings. The maximum absolute atomic E-state index is 11.2. The fourth-order valence-corrected chi connectivity index (χ4v) is 4.90. The van der Waals surface area contributed by atoms with Gasteiger partial charge in [0.15, 0.2) is 0 Å². The van der Waals surface area contributed by atoms with Crippen LogP contribution >= 0.6 is 45.6 Å². The predicted molar refractivity (Wildman–Crippen MR) is 85.5 cm³/mol. The summed E-state index contributed by atoms with van der Waals surface area (Å²) in [5, 5.41) is 3.80. The quantitative estimate of drug-likeness (QED) is 0.578. The van der Waals surface area contributed by atoms with Crippen LogP contribution in [0.5, 0.6) is 0 Å². The molecule has 1 nitrogen and oxygen atoms in total. The van der Waals surface area contributed by atoms with E-state index in [2.05, 4.69) is 23.6 Å². The number of thiophene rings is 3. The van der Waals surface area contributed by atoms with Gasteiger partial charge in [-0.3, -0.25) is 4.79 Å². The SMILES string of the molecule is O=C(Cl)Cc1cc(-c2cccs2)sc1-c1cccs1. The molecule has 0 N–H and O–H groups in total. The van der Waals surface area contributed by atoms with Crippen LogP contribution in [-0.4, -0.2) is 5.24 Å². The Morgan fingerprint density at radius 3 is 2.32 bits per heavy atom. The molecular formula is C14H9ClOS3. The maximum atomic E-state index is 11.2. The topological polar surface area (TPSA) is 17.1 Å². The highest BCUT2D eigenvalue weighted by Crippen LogP contribution is 2.41. The lowest BCUT2D eigenvalue weighted by atomic mass is 10.1. The zero-order valence-electron chi connectivity index (χ0n) is 9.76. The van der Waals surface area contributed by atoms with Crippen LogP contribution in [0.15, 0.2) is 41.1 Å². The van der Waals surface area contributed by atoms with Crippen molar-refractivity contribution in [2.75, 3.05) is 0 Å². The van der Waals surface area contributed by atoms with E-state index in [0.29, 0.717) is 0 Å². The zero-order valence-corrected chi connectivity index (χ0v) is 13.0. The Hall–Kier alpha value is -0.940. The average Bonchev–Trinajstić information content (AvgIpc) is 3.09. The second-order valence-electron chi connectivity index (χ2n) is 3.95. The summed E-state index contributed by atoms with van der Waals surface area (Å²) >= 11 is 10.7. The predicted octanol–water partition coefficient (Wildman–Crippen LogP) is 5.51. The van der Waals surface area contributed by atoms with Crippen LogP contribution in [-0.2, 0) is 11.2 Å². The summed E-state index contributed by atoms with van der Waals surface area (Å²) in [5.41, 5.74) is 1.02. The molecule has 3 heterocycles. The Labute approximate surface area is 128 Å². The minimum atomic E-state index is -0.312. The largest absolute Gasteiger partial charge is 0.281 e. The van der Waals surface area contributed by atoms with E-state index in [0.717, 1.165) is 10.4 Å². The van der Waals surface area contributed by atoms with Crippen molar-refractivity contribution in [3.63, 3.8) is 0 Å². The highest BCUT2D eigenvalue weighted by atomic mass is 35.5. The van der Waals surface area contributed by atoms with Gasteiger partial charge in [0.25, 0.3) is 0 Å². The Bertz CT molecular complexity index is 680. The smallest absolute Gasteiger partial charge is 0.226 e. The third-order valence-corrected chi connectivity index (χ3v) is 6.07. The molecule has 0 fully saturated rings. The molecule has 0 amide bonds. The fourth-order valence-electron chi connectivity index (χ4n) is 1.87. The Kier molecular flexibility index (Phi) is 3.84. The van der Waals surface area contributed by atoms with Crippen molar-refractivity contribution in [3.8, 4) is 19.5 Å². The second-order valence-corrected chi connectivity index (χ2v) is 7.32. The van der Waals surface area contributed by atoms with Crippen LogP contribution < -0.4 is 0 Å². The molecule has 3 aromatic rings. The van der Waals surface area contributed by atoms with Crippen LogP contribution in [0, 0.1) is 0 Å². The van der Waals surface area contributed by atoms with E-state index in [-0.39, 0.29) is 11.7 Å². The molecular weight excluding hydrogens is 316 g/mol. The lowest BCUT2D eigenvalue weighted by Gasteiger charge is -1.96. The van der Waals surface area contributed by atoms with Crippen molar-refractivity contribution in [1.82, 2.24) is 0 Å². The molecule has 0 saturated heterocycles. The lowest BCUT2D eigenvalue weighted by molar-refractivity contribution is -0.111. The molecule has 0 aliphatic heterocycles. The minimum Gasteiger partial charge on any atom is -0.281 e. The molecule has 19 heavy (non-hydrogen) atoms. The van der Waals surface area contributed by atoms with E-state index in [4.69, 9.17) is 11.6 Å². The van der Waals surface area contributed by atoms with Gasteiger partial charge in [-0.2, -0.15) is 0 Å². The molecule has 0 atom stereocenters. The van der Waals surface area contributed by atoms with Crippen LogP contribution in [0.25, 0.3) is 19.5 Å². The van der Waals surface area contributed by atoms with Gasteiger partial charge >= 0.3 is 0 Å². The van der Waals surface area contributed by atoms with Gasteiger partial charge in [0, 0.05) is 25.9 Å². The summed E-state index contributed by atoms with van der Waals surface area (Å²) in [4.78, 5) is 16.0. The zero-order chi connectivity index (χ0) is 13.2. The molecule has 0 spiro atoms. The molecule has 96 valence electrons. The standard InChI is InChI=1S/C14H9ClOS3/c15-13(16)8-9-7-12(10-3-1-5-17-10)19-14(9)11-4-2-6-18-11/h1-7H,8H2. The summed E-state index contributed by atoms with van der Waals surface area (Å²) in [6.07, 6.45) is 0.288. The van der Waals surface area contributed by atoms with Crippen molar-refractivity contribution in [1.29, 1.82) is 0 Å². The first-order valence-corrected chi connectivity index (χ1v) is 8.58. The van der Waals surface area contributed by atoms with E-state index in [9.17, 15) is 4.79 Å². The van der Waals surface area contributed by atoms with Crippen LogP contribution in [0.2, 0.25) is 0 Å². The van der Waals surface area contributed by atoms with Crippen molar-refractivity contribution >= 4 is 50.9 Å². The first-order valence-electron chi connectivity index (χ1n) is 5.63.